The number of nitrogens with one attached hydrogen (secondary N) is 2. The summed E-state index contributed by atoms with van der Waals surface area (Å²) in [5, 5.41) is 14.5. The molecule has 5 nitrogen and oxygen atoms in total. The Bertz CT molecular complexity index is 235. The molecule has 2 unspecified atom stereocenters. The summed E-state index contributed by atoms with van der Waals surface area (Å²) >= 11 is 0. The zero-order chi connectivity index (χ0) is 10.4. The van der Waals surface area contributed by atoms with Crippen molar-refractivity contribution in [1.29, 1.82) is 5.26 Å². The van der Waals surface area contributed by atoms with Gasteiger partial charge in [0.15, 0.2) is 0 Å². The summed E-state index contributed by atoms with van der Waals surface area (Å²) < 4.78 is 0. The van der Waals surface area contributed by atoms with Crippen molar-refractivity contribution in [1.82, 2.24) is 10.6 Å². The fourth-order valence-corrected chi connectivity index (χ4v) is 1.80. The van der Waals surface area contributed by atoms with Crippen molar-refractivity contribution >= 4 is 6.03 Å². The highest BCUT2D eigenvalue weighted by atomic mass is 16.2. The van der Waals surface area contributed by atoms with E-state index in [1.54, 1.807) is 0 Å². The average Bonchev–Trinajstić information content (AvgIpc) is 2.59. The van der Waals surface area contributed by atoms with Gasteiger partial charge in [-0.3, -0.25) is 0 Å². The molecular weight excluding hydrogens is 180 g/mol. The molecule has 0 aromatic carbocycles. The molecule has 0 saturated heterocycles. The van der Waals surface area contributed by atoms with Crippen LogP contribution in [-0.2, 0) is 0 Å². The molecule has 0 heterocycles. The van der Waals surface area contributed by atoms with Gasteiger partial charge in [-0.15, -0.1) is 0 Å². The molecule has 0 radical (unpaired) electrons. The third-order valence-corrected chi connectivity index (χ3v) is 2.51. The Hall–Kier alpha value is -1.28. The summed E-state index contributed by atoms with van der Waals surface area (Å²) in [6.45, 7) is 1.19. The molecule has 1 saturated carbocycles. The van der Waals surface area contributed by atoms with Crippen molar-refractivity contribution in [3.63, 3.8) is 0 Å². The molecule has 4 N–H and O–H groups in total. The number of hydrogen-bond donors (Lipinski definition) is 3. The van der Waals surface area contributed by atoms with E-state index in [1.165, 1.54) is 0 Å². The lowest BCUT2D eigenvalue weighted by Gasteiger charge is -2.15. The lowest BCUT2D eigenvalue weighted by atomic mass is 10.1. The van der Waals surface area contributed by atoms with Gasteiger partial charge in [-0.2, -0.15) is 5.26 Å². The fraction of sp³-hybridized carbons (Fsp3) is 0.778. The average molecular weight is 196 g/mol. The first-order valence-corrected chi connectivity index (χ1v) is 4.90. The quantitative estimate of drug-likeness (QED) is 0.550. The molecule has 78 valence electrons. The summed E-state index contributed by atoms with van der Waals surface area (Å²) in [4.78, 5) is 10.3. The summed E-state index contributed by atoms with van der Waals surface area (Å²) in [5.74, 6) is 0.128. The number of nitriles is 1. The summed E-state index contributed by atoms with van der Waals surface area (Å²) in [6, 6.07) is 2.07. The van der Waals surface area contributed by atoms with Crippen LogP contribution >= 0.6 is 0 Å². The SMILES string of the molecule is N#CC1CCCC1NCCNC(N)=O. The number of carbonyl (C=O) groups excluding carboxylic acids is 1. The van der Waals surface area contributed by atoms with Crippen molar-refractivity contribution in [3.8, 4) is 6.07 Å². The topological polar surface area (TPSA) is 90.9 Å². The van der Waals surface area contributed by atoms with Gasteiger partial charge in [0.05, 0.1) is 12.0 Å². The lowest BCUT2D eigenvalue weighted by Crippen LogP contribution is -2.40. The number of amides is 2. The Balaban J connectivity index is 2.12. The van der Waals surface area contributed by atoms with Crippen LogP contribution in [0, 0.1) is 17.2 Å². The van der Waals surface area contributed by atoms with Crippen LogP contribution in [0.25, 0.3) is 0 Å². The third-order valence-electron chi connectivity index (χ3n) is 2.51. The lowest BCUT2D eigenvalue weighted by molar-refractivity contribution is 0.248. The maximum atomic E-state index is 10.3. The zero-order valence-corrected chi connectivity index (χ0v) is 8.12. The smallest absolute Gasteiger partial charge is 0.312 e. The fourth-order valence-electron chi connectivity index (χ4n) is 1.80. The standard InChI is InChI=1S/C9H16N4O/c10-6-7-2-1-3-8(7)12-4-5-13-9(11)14/h7-8,12H,1-5H2,(H3,11,13,14). The summed E-state index contributed by atoms with van der Waals surface area (Å²) in [7, 11) is 0. The van der Waals surface area contributed by atoms with Crippen molar-refractivity contribution < 1.29 is 4.79 Å². The van der Waals surface area contributed by atoms with Gasteiger partial charge >= 0.3 is 6.03 Å². The van der Waals surface area contributed by atoms with Crippen LogP contribution in [0.4, 0.5) is 4.79 Å². The highest BCUT2D eigenvalue weighted by Gasteiger charge is 2.25. The molecule has 0 bridgehead atoms. The van der Waals surface area contributed by atoms with Crippen LogP contribution in [0.3, 0.4) is 0 Å². The van der Waals surface area contributed by atoms with Crippen molar-refractivity contribution in [2.45, 2.75) is 25.3 Å². The van der Waals surface area contributed by atoms with Gasteiger partial charge in [0.25, 0.3) is 0 Å². The maximum Gasteiger partial charge on any atom is 0.312 e. The number of rotatable bonds is 4. The molecule has 0 aromatic heterocycles. The van der Waals surface area contributed by atoms with Crippen molar-refractivity contribution in [2.24, 2.45) is 11.7 Å². The molecule has 1 aliphatic carbocycles. The number of carbonyl (C=O) groups is 1. The first-order valence-electron chi connectivity index (χ1n) is 4.90. The minimum Gasteiger partial charge on any atom is -0.352 e. The predicted molar refractivity (Wildman–Crippen MR) is 52.3 cm³/mol. The molecule has 0 aliphatic heterocycles. The molecular formula is C9H16N4O. The largest absolute Gasteiger partial charge is 0.352 e. The predicted octanol–water partition coefficient (Wildman–Crippen LogP) is -0.0634. The van der Waals surface area contributed by atoms with Gasteiger partial charge in [-0.1, -0.05) is 6.42 Å². The van der Waals surface area contributed by atoms with Gasteiger partial charge in [0.2, 0.25) is 0 Å². The van der Waals surface area contributed by atoms with Crippen LogP contribution in [0.5, 0.6) is 0 Å². The van der Waals surface area contributed by atoms with Gasteiger partial charge in [0.1, 0.15) is 0 Å². The second-order valence-electron chi connectivity index (χ2n) is 3.52. The first kappa shape index (κ1) is 10.8. The number of primary amides is 1. The van der Waals surface area contributed by atoms with Gasteiger partial charge in [0, 0.05) is 19.1 Å². The number of urea groups is 1. The molecule has 1 rings (SSSR count). The molecule has 0 spiro atoms. The van der Waals surface area contributed by atoms with Crippen LogP contribution in [0.1, 0.15) is 19.3 Å². The maximum absolute atomic E-state index is 10.3. The first-order chi connectivity index (χ1) is 6.74. The van der Waals surface area contributed by atoms with Crippen LogP contribution in [0.2, 0.25) is 0 Å². The zero-order valence-electron chi connectivity index (χ0n) is 8.12. The van der Waals surface area contributed by atoms with E-state index in [2.05, 4.69) is 16.7 Å². The molecule has 5 heteroatoms. The molecule has 0 aromatic rings. The minimum atomic E-state index is -0.505. The van der Waals surface area contributed by atoms with Gasteiger partial charge in [-0.25, -0.2) is 4.79 Å². The Morgan fingerprint density at radius 2 is 2.29 bits per heavy atom. The third kappa shape index (κ3) is 3.23. The van der Waals surface area contributed by atoms with E-state index in [4.69, 9.17) is 11.0 Å². The van der Waals surface area contributed by atoms with Gasteiger partial charge < -0.3 is 16.4 Å². The number of hydrogen-bond acceptors (Lipinski definition) is 3. The summed E-state index contributed by atoms with van der Waals surface area (Å²) in [6.07, 6.45) is 3.14. The minimum absolute atomic E-state index is 0.128. The Morgan fingerprint density at radius 1 is 1.50 bits per heavy atom. The van der Waals surface area contributed by atoms with E-state index in [-0.39, 0.29) is 12.0 Å². The highest BCUT2D eigenvalue weighted by Crippen LogP contribution is 2.24. The summed E-state index contributed by atoms with van der Waals surface area (Å²) in [5.41, 5.74) is 4.91. The van der Waals surface area contributed by atoms with Crippen LogP contribution in [-0.4, -0.2) is 25.2 Å². The van der Waals surface area contributed by atoms with E-state index >= 15 is 0 Å². The Labute approximate surface area is 83.6 Å². The number of nitrogens with zero attached hydrogens (tertiary/aromatic N) is 1. The number of nitrogens with two attached hydrogens (primary N) is 1. The highest BCUT2D eigenvalue weighted by molar-refractivity contribution is 5.71. The Morgan fingerprint density at radius 3 is 2.93 bits per heavy atom. The molecule has 1 aliphatic rings. The monoisotopic (exact) mass is 196 g/mol. The second kappa shape index (κ2) is 5.45. The van der Waals surface area contributed by atoms with Crippen molar-refractivity contribution in [2.75, 3.05) is 13.1 Å². The molecule has 2 amide bonds. The van der Waals surface area contributed by atoms with E-state index in [0.29, 0.717) is 13.1 Å². The normalized spacial score (nSPS) is 25.6. The second-order valence-corrected chi connectivity index (χ2v) is 3.52. The van der Waals surface area contributed by atoms with E-state index < -0.39 is 6.03 Å². The van der Waals surface area contributed by atoms with E-state index in [1.807, 2.05) is 0 Å². The van der Waals surface area contributed by atoms with Crippen LogP contribution < -0.4 is 16.4 Å². The Kier molecular flexibility index (Phi) is 4.20. The molecule has 1 fully saturated rings. The van der Waals surface area contributed by atoms with E-state index in [0.717, 1.165) is 19.3 Å². The van der Waals surface area contributed by atoms with E-state index in [9.17, 15) is 4.79 Å². The van der Waals surface area contributed by atoms with Crippen LogP contribution in [0.15, 0.2) is 0 Å². The molecule has 14 heavy (non-hydrogen) atoms. The molecule has 2 atom stereocenters. The van der Waals surface area contributed by atoms with Gasteiger partial charge in [-0.05, 0) is 12.8 Å². The van der Waals surface area contributed by atoms with Crippen molar-refractivity contribution in [3.05, 3.63) is 0 Å².